The minimum absolute atomic E-state index is 0.0333. The average molecular weight is 431 g/mol. The van der Waals surface area contributed by atoms with Crippen molar-refractivity contribution in [3.05, 3.63) is 12.2 Å². The molecule has 4 aliphatic rings. The van der Waals surface area contributed by atoms with Gasteiger partial charge in [0, 0.05) is 31.5 Å². The molecule has 0 spiro atoms. The van der Waals surface area contributed by atoms with E-state index in [0.717, 1.165) is 38.5 Å². The predicted molar refractivity (Wildman–Crippen MR) is 118 cm³/mol. The van der Waals surface area contributed by atoms with Crippen LogP contribution in [-0.4, -0.2) is 47.4 Å². The molecule has 0 radical (unpaired) electrons. The third-order valence-corrected chi connectivity index (χ3v) is 9.38. The Hall–Kier alpha value is -1.85. The molecule has 3 aliphatic carbocycles. The molecule has 4 rings (SSSR count). The Balaban J connectivity index is 1.53. The topological polar surface area (TPSA) is 75.7 Å². The van der Waals surface area contributed by atoms with E-state index in [1.807, 2.05) is 11.9 Å². The molecule has 0 bridgehead atoms. The van der Waals surface area contributed by atoms with Gasteiger partial charge in [0.25, 0.3) is 5.91 Å². The summed E-state index contributed by atoms with van der Waals surface area (Å²) in [6, 6.07) is 0.398. The highest BCUT2D eigenvalue weighted by Gasteiger charge is 2.60. The van der Waals surface area contributed by atoms with Gasteiger partial charge in [-0.3, -0.25) is 14.4 Å². The number of ether oxygens (including phenoxy) is 1. The number of rotatable bonds is 3. The van der Waals surface area contributed by atoms with Gasteiger partial charge in [-0.2, -0.15) is 0 Å². The van der Waals surface area contributed by atoms with Crippen LogP contribution in [0.2, 0.25) is 0 Å². The van der Waals surface area contributed by atoms with Crippen molar-refractivity contribution in [2.24, 2.45) is 28.6 Å². The SMILES string of the molecule is CC(=O)OC(C)(C)C(=O)NC1CC[C@H]2[C@@H]3CC[C@H]4N(C)C(=O)C=C[C@]4(C)[C@H]3CC[C@]12C. The molecule has 1 N–H and O–H groups in total. The van der Waals surface area contributed by atoms with Crippen LogP contribution < -0.4 is 5.32 Å². The molecule has 1 aliphatic heterocycles. The monoisotopic (exact) mass is 430 g/mol. The van der Waals surface area contributed by atoms with Gasteiger partial charge < -0.3 is 15.0 Å². The third-order valence-electron chi connectivity index (χ3n) is 9.38. The van der Waals surface area contributed by atoms with Crippen molar-refractivity contribution in [3.63, 3.8) is 0 Å². The maximum atomic E-state index is 12.9. The van der Waals surface area contributed by atoms with Crippen LogP contribution in [0.3, 0.4) is 0 Å². The molecule has 3 saturated carbocycles. The van der Waals surface area contributed by atoms with Crippen molar-refractivity contribution in [1.82, 2.24) is 10.2 Å². The summed E-state index contributed by atoms with van der Waals surface area (Å²) in [5.74, 6) is 1.24. The molecule has 0 aromatic heterocycles. The van der Waals surface area contributed by atoms with Gasteiger partial charge in [0.2, 0.25) is 5.91 Å². The molecular weight excluding hydrogens is 392 g/mol. The quantitative estimate of drug-likeness (QED) is 0.696. The van der Waals surface area contributed by atoms with Gasteiger partial charge in [0.05, 0.1) is 0 Å². The van der Waals surface area contributed by atoms with Gasteiger partial charge >= 0.3 is 5.97 Å². The van der Waals surface area contributed by atoms with Crippen LogP contribution in [0.1, 0.15) is 73.1 Å². The zero-order valence-electron chi connectivity index (χ0n) is 19.9. The molecular formula is C25H38N2O4. The predicted octanol–water partition coefficient (Wildman–Crippen LogP) is 3.45. The minimum atomic E-state index is -1.16. The van der Waals surface area contributed by atoms with Gasteiger partial charge in [-0.25, -0.2) is 0 Å². The molecule has 0 aromatic rings. The van der Waals surface area contributed by atoms with Crippen LogP contribution in [0.4, 0.5) is 0 Å². The molecule has 7 atom stereocenters. The lowest BCUT2D eigenvalue weighted by atomic mass is 9.48. The first-order chi connectivity index (χ1) is 14.4. The Labute approximate surface area is 186 Å². The van der Waals surface area contributed by atoms with Crippen LogP contribution >= 0.6 is 0 Å². The largest absolute Gasteiger partial charge is 0.450 e. The second kappa shape index (κ2) is 7.35. The molecule has 172 valence electrons. The molecule has 0 saturated heterocycles. The fourth-order valence-electron chi connectivity index (χ4n) is 7.71. The number of amides is 2. The number of nitrogens with zero attached hydrogens (tertiary/aromatic N) is 1. The van der Waals surface area contributed by atoms with Crippen LogP contribution in [0.5, 0.6) is 0 Å². The van der Waals surface area contributed by atoms with Crippen molar-refractivity contribution in [3.8, 4) is 0 Å². The van der Waals surface area contributed by atoms with E-state index in [4.69, 9.17) is 4.74 Å². The highest BCUT2D eigenvalue weighted by molar-refractivity contribution is 5.89. The number of carbonyl (C=O) groups excluding carboxylic acids is 3. The molecule has 2 amide bonds. The zero-order chi connectivity index (χ0) is 22.8. The molecule has 31 heavy (non-hydrogen) atoms. The van der Waals surface area contributed by atoms with E-state index in [0.29, 0.717) is 17.8 Å². The fourth-order valence-corrected chi connectivity index (χ4v) is 7.71. The lowest BCUT2D eigenvalue weighted by molar-refractivity contribution is -0.164. The van der Waals surface area contributed by atoms with Crippen molar-refractivity contribution in [2.75, 3.05) is 7.05 Å². The van der Waals surface area contributed by atoms with Crippen molar-refractivity contribution in [2.45, 2.75) is 90.8 Å². The lowest BCUT2D eigenvalue weighted by Gasteiger charge is -2.60. The normalized spacial score (nSPS) is 41.8. The van der Waals surface area contributed by atoms with Crippen molar-refractivity contribution >= 4 is 17.8 Å². The highest BCUT2D eigenvalue weighted by Crippen LogP contribution is 2.63. The van der Waals surface area contributed by atoms with Crippen molar-refractivity contribution in [1.29, 1.82) is 0 Å². The molecule has 1 unspecified atom stereocenters. The summed E-state index contributed by atoms with van der Waals surface area (Å²) in [5.41, 5.74) is -1.06. The van der Waals surface area contributed by atoms with Gasteiger partial charge in [-0.15, -0.1) is 0 Å². The number of nitrogens with one attached hydrogen (secondary N) is 1. The van der Waals surface area contributed by atoms with Crippen LogP contribution in [0, 0.1) is 28.6 Å². The summed E-state index contributed by atoms with van der Waals surface area (Å²) in [6.07, 6.45) is 10.5. The molecule has 1 heterocycles. The van der Waals surface area contributed by atoms with E-state index in [1.165, 1.54) is 6.92 Å². The van der Waals surface area contributed by atoms with Crippen LogP contribution in [-0.2, 0) is 19.1 Å². The van der Waals surface area contributed by atoms with E-state index in [2.05, 4.69) is 25.2 Å². The lowest BCUT2D eigenvalue weighted by Crippen LogP contribution is -2.61. The minimum Gasteiger partial charge on any atom is -0.450 e. The third kappa shape index (κ3) is 3.41. The summed E-state index contributed by atoms with van der Waals surface area (Å²) in [5, 5.41) is 3.26. The highest BCUT2D eigenvalue weighted by atomic mass is 16.6. The molecule has 3 fully saturated rings. The maximum absolute atomic E-state index is 12.9. The summed E-state index contributed by atoms with van der Waals surface area (Å²) >= 11 is 0. The standard InChI is InChI=1S/C25H38N2O4/c1-15(28)31-23(2,3)22(30)26-19-9-8-17-16-7-10-20-25(5,14-12-21(29)27(20)6)18(16)11-13-24(17,19)4/h12,14,16-20H,7-11,13H2,1-6H3,(H,26,30)/t16-,17-,18-,19?,20+,24-,25+/m0/s1. The van der Waals surface area contributed by atoms with E-state index in [-0.39, 0.29) is 34.7 Å². The van der Waals surface area contributed by atoms with E-state index in [1.54, 1.807) is 19.9 Å². The summed E-state index contributed by atoms with van der Waals surface area (Å²) in [6.45, 7) is 9.36. The summed E-state index contributed by atoms with van der Waals surface area (Å²) < 4.78 is 5.27. The van der Waals surface area contributed by atoms with Gasteiger partial charge in [0.1, 0.15) is 0 Å². The first kappa shape index (κ1) is 22.3. The first-order valence-corrected chi connectivity index (χ1v) is 11.9. The number of likely N-dealkylation sites (N-methyl/N-ethyl adjacent to an activating group) is 1. The second-order valence-electron chi connectivity index (χ2n) is 11.4. The number of esters is 1. The Morgan fingerprint density at radius 2 is 1.84 bits per heavy atom. The van der Waals surface area contributed by atoms with Gasteiger partial charge in [-0.1, -0.05) is 19.9 Å². The Morgan fingerprint density at radius 3 is 2.52 bits per heavy atom. The van der Waals surface area contributed by atoms with Gasteiger partial charge in [0.15, 0.2) is 5.60 Å². The number of hydrogen-bond donors (Lipinski definition) is 1. The van der Waals surface area contributed by atoms with E-state index >= 15 is 0 Å². The van der Waals surface area contributed by atoms with Gasteiger partial charge in [-0.05, 0) is 81.6 Å². The molecule has 6 nitrogen and oxygen atoms in total. The maximum Gasteiger partial charge on any atom is 0.303 e. The number of carbonyl (C=O) groups is 3. The Morgan fingerprint density at radius 1 is 1.13 bits per heavy atom. The van der Waals surface area contributed by atoms with Crippen molar-refractivity contribution < 1.29 is 19.1 Å². The number of hydrogen-bond acceptors (Lipinski definition) is 4. The van der Waals surface area contributed by atoms with Crippen LogP contribution in [0.25, 0.3) is 0 Å². The van der Waals surface area contributed by atoms with E-state index in [9.17, 15) is 14.4 Å². The second-order valence-corrected chi connectivity index (χ2v) is 11.4. The Bertz CT molecular complexity index is 820. The Kier molecular flexibility index (Phi) is 5.30. The number of fused-ring (bicyclic) bond motifs is 5. The summed E-state index contributed by atoms with van der Waals surface area (Å²) in [4.78, 5) is 38.5. The molecule has 0 aromatic carbocycles. The molecule has 6 heteroatoms. The first-order valence-electron chi connectivity index (χ1n) is 11.9. The smallest absolute Gasteiger partial charge is 0.303 e. The van der Waals surface area contributed by atoms with E-state index < -0.39 is 11.6 Å². The summed E-state index contributed by atoms with van der Waals surface area (Å²) in [7, 11) is 1.95. The van der Waals surface area contributed by atoms with Crippen LogP contribution in [0.15, 0.2) is 12.2 Å². The average Bonchev–Trinajstić information content (AvgIpc) is 3.00. The zero-order valence-corrected chi connectivity index (χ0v) is 19.9. The fraction of sp³-hybridized carbons (Fsp3) is 0.800.